The zero-order chi connectivity index (χ0) is 23.0. The number of hydrogen-bond acceptors (Lipinski definition) is 4. The quantitative estimate of drug-likeness (QED) is 0.452. The van der Waals surface area contributed by atoms with Crippen LogP contribution >= 0.6 is 0 Å². The summed E-state index contributed by atoms with van der Waals surface area (Å²) in [4.78, 5) is 0. The van der Waals surface area contributed by atoms with E-state index in [1.807, 2.05) is 30.3 Å². The van der Waals surface area contributed by atoms with Gasteiger partial charge in [0, 0.05) is 5.41 Å². The second-order valence-corrected chi connectivity index (χ2v) is 10.6. The molecule has 2 bridgehead atoms. The standard InChI is InChI=1S/C28H40O4/c1-20-7-6-8-21(2)17-25(29)27-16-14-22(3)26(4,15-13-20)28(27,32-27)19-31-18-23-9-11-24(30-5)12-10-23/h7,9-12,17,22,25,29H,6,8,13-16,18-19H2,1-5H3/b20-7+,21-17+/t22-,25-,26+,27-,28-/m1/s1. The molecule has 1 aliphatic heterocycles. The summed E-state index contributed by atoms with van der Waals surface area (Å²) in [5, 5.41) is 11.4. The highest BCUT2D eigenvalue weighted by Gasteiger charge is 2.81. The van der Waals surface area contributed by atoms with E-state index in [0.29, 0.717) is 19.1 Å². The Bertz CT molecular complexity index is 872. The number of rotatable bonds is 5. The maximum Gasteiger partial charge on any atom is 0.130 e. The molecule has 32 heavy (non-hydrogen) atoms. The minimum Gasteiger partial charge on any atom is -0.497 e. The van der Waals surface area contributed by atoms with Gasteiger partial charge in [-0.15, -0.1) is 0 Å². The van der Waals surface area contributed by atoms with E-state index in [4.69, 9.17) is 14.2 Å². The number of hydrogen-bond donors (Lipinski definition) is 1. The lowest BCUT2D eigenvalue weighted by atomic mass is 9.55. The molecular weight excluding hydrogens is 400 g/mol. The van der Waals surface area contributed by atoms with Crippen LogP contribution in [0.1, 0.15) is 71.8 Å². The summed E-state index contributed by atoms with van der Waals surface area (Å²) in [5.74, 6) is 1.36. The van der Waals surface area contributed by atoms with Gasteiger partial charge in [-0.05, 0) is 76.0 Å². The summed E-state index contributed by atoms with van der Waals surface area (Å²) in [7, 11) is 1.68. The Labute approximate surface area is 193 Å². The Hall–Kier alpha value is -1.62. The number of aliphatic hydroxyl groups is 1. The van der Waals surface area contributed by atoms with Gasteiger partial charge in [0.05, 0.1) is 20.3 Å². The fraction of sp³-hybridized carbons (Fsp3) is 0.643. The third-order valence-corrected chi connectivity index (χ3v) is 8.68. The minimum absolute atomic E-state index is 0.0534. The van der Waals surface area contributed by atoms with Crippen LogP contribution in [0.5, 0.6) is 5.75 Å². The molecule has 5 atom stereocenters. The zero-order valence-corrected chi connectivity index (χ0v) is 20.4. The van der Waals surface area contributed by atoms with Crippen LogP contribution in [-0.4, -0.2) is 36.1 Å². The average molecular weight is 441 g/mol. The first-order chi connectivity index (χ1) is 15.3. The van der Waals surface area contributed by atoms with Crippen molar-refractivity contribution in [3.8, 4) is 5.75 Å². The third kappa shape index (κ3) is 3.95. The normalized spacial score (nSPS) is 40.6. The van der Waals surface area contributed by atoms with Crippen LogP contribution in [0.15, 0.2) is 47.6 Å². The molecule has 1 saturated heterocycles. The molecule has 0 unspecified atom stereocenters. The first kappa shape index (κ1) is 23.5. The van der Waals surface area contributed by atoms with Crippen molar-refractivity contribution in [2.75, 3.05) is 13.7 Å². The molecule has 2 aliphatic carbocycles. The molecule has 1 saturated carbocycles. The number of allylic oxidation sites excluding steroid dienone is 3. The second kappa shape index (κ2) is 8.96. The van der Waals surface area contributed by atoms with Crippen molar-refractivity contribution in [1.29, 1.82) is 0 Å². The van der Waals surface area contributed by atoms with Crippen LogP contribution in [0.4, 0.5) is 0 Å². The maximum atomic E-state index is 11.4. The van der Waals surface area contributed by atoms with Crippen molar-refractivity contribution in [3.63, 3.8) is 0 Å². The van der Waals surface area contributed by atoms with Gasteiger partial charge >= 0.3 is 0 Å². The number of ether oxygens (including phenoxy) is 3. The van der Waals surface area contributed by atoms with Crippen molar-refractivity contribution in [1.82, 2.24) is 0 Å². The van der Waals surface area contributed by atoms with E-state index in [1.54, 1.807) is 7.11 Å². The van der Waals surface area contributed by atoms with E-state index in [-0.39, 0.29) is 5.41 Å². The first-order valence-electron chi connectivity index (χ1n) is 12.2. The Morgan fingerprint density at radius 3 is 2.56 bits per heavy atom. The average Bonchev–Trinajstić information content (AvgIpc) is 3.47. The number of methoxy groups -OCH3 is 1. The van der Waals surface area contributed by atoms with E-state index in [9.17, 15) is 5.11 Å². The van der Waals surface area contributed by atoms with Crippen LogP contribution < -0.4 is 4.74 Å². The van der Waals surface area contributed by atoms with Crippen LogP contribution in [0.3, 0.4) is 0 Å². The largest absolute Gasteiger partial charge is 0.497 e. The number of benzene rings is 1. The molecule has 0 amide bonds. The van der Waals surface area contributed by atoms with Gasteiger partial charge in [-0.3, -0.25) is 0 Å². The number of aliphatic hydroxyl groups excluding tert-OH is 1. The molecule has 176 valence electrons. The summed E-state index contributed by atoms with van der Waals surface area (Å²) < 4.78 is 18.3. The SMILES string of the molecule is COc1ccc(COC[C@]23O[C@@]24CC[C@@H](C)[C@]3(C)CC/C(C)=C/CC/C(C)=C/[C@H]4O)cc1. The van der Waals surface area contributed by atoms with Crippen molar-refractivity contribution in [2.24, 2.45) is 11.3 Å². The van der Waals surface area contributed by atoms with E-state index >= 15 is 0 Å². The van der Waals surface area contributed by atoms with Gasteiger partial charge in [0.15, 0.2) is 0 Å². The predicted molar refractivity (Wildman–Crippen MR) is 128 cm³/mol. The first-order valence-corrected chi connectivity index (χ1v) is 12.2. The molecule has 4 rings (SSSR count). The molecule has 1 N–H and O–H groups in total. The van der Waals surface area contributed by atoms with Gasteiger partial charge in [-0.2, -0.15) is 0 Å². The smallest absolute Gasteiger partial charge is 0.130 e. The molecule has 4 heteroatoms. The van der Waals surface area contributed by atoms with Gasteiger partial charge in [0.1, 0.15) is 23.1 Å². The zero-order valence-electron chi connectivity index (χ0n) is 20.4. The lowest BCUT2D eigenvalue weighted by molar-refractivity contribution is -0.0364. The third-order valence-electron chi connectivity index (χ3n) is 8.68. The number of epoxide rings is 1. The van der Waals surface area contributed by atoms with Crippen LogP contribution in [0.2, 0.25) is 0 Å². The molecule has 1 aromatic carbocycles. The molecule has 4 nitrogen and oxygen atoms in total. The van der Waals surface area contributed by atoms with E-state index in [0.717, 1.165) is 49.8 Å². The fourth-order valence-electron chi connectivity index (χ4n) is 6.12. The van der Waals surface area contributed by atoms with E-state index in [1.165, 1.54) is 11.1 Å². The summed E-state index contributed by atoms with van der Waals surface area (Å²) >= 11 is 0. The highest BCUT2D eigenvalue weighted by atomic mass is 16.7. The molecule has 1 aromatic rings. The Morgan fingerprint density at radius 2 is 1.84 bits per heavy atom. The highest BCUT2D eigenvalue weighted by Crippen LogP contribution is 2.70. The van der Waals surface area contributed by atoms with Crippen LogP contribution in [0, 0.1) is 11.3 Å². The molecule has 2 fully saturated rings. The summed E-state index contributed by atoms with van der Waals surface area (Å²) in [6.45, 7) is 10.1. The van der Waals surface area contributed by atoms with Gasteiger partial charge in [0.2, 0.25) is 0 Å². The molecule has 0 aromatic heterocycles. The summed E-state index contributed by atoms with van der Waals surface area (Å²) in [5.41, 5.74) is 2.76. The van der Waals surface area contributed by atoms with Crippen molar-refractivity contribution >= 4 is 0 Å². The van der Waals surface area contributed by atoms with Gasteiger partial charge in [0.25, 0.3) is 0 Å². The minimum atomic E-state index is -0.594. The molecule has 1 heterocycles. The highest BCUT2D eigenvalue weighted by molar-refractivity contribution is 5.32. The Balaban J connectivity index is 1.61. The Kier molecular flexibility index (Phi) is 6.59. The fourth-order valence-corrected chi connectivity index (χ4v) is 6.12. The molecule has 0 spiro atoms. The van der Waals surface area contributed by atoms with E-state index in [2.05, 4.69) is 33.8 Å². The van der Waals surface area contributed by atoms with Crippen molar-refractivity contribution in [2.45, 2.75) is 90.1 Å². The van der Waals surface area contributed by atoms with Crippen LogP contribution in [0.25, 0.3) is 0 Å². The monoisotopic (exact) mass is 440 g/mol. The van der Waals surface area contributed by atoms with Crippen molar-refractivity contribution < 1.29 is 19.3 Å². The molecule has 0 radical (unpaired) electrons. The van der Waals surface area contributed by atoms with Gasteiger partial charge in [-0.25, -0.2) is 0 Å². The van der Waals surface area contributed by atoms with Gasteiger partial charge < -0.3 is 19.3 Å². The maximum absolute atomic E-state index is 11.4. The predicted octanol–water partition coefficient (Wildman–Crippen LogP) is 5.98. The molecular formula is C28H40O4. The van der Waals surface area contributed by atoms with Crippen molar-refractivity contribution in [3.05, 3.63) is 53.1 Å². The Morgan fingerprint density at radius 1 is 1.09 bits per heavy atom. The van der Waals surface area contributed by atoms with E-state index < -0.39 is 17.3 Å². The van der Waals surface area contributed by atoms with Crippen LogP contribution in [-0.2, 0) is 16.1 Å². The lowest BCUT2D eigenvalue weighted by Gasteiger charge is -2.47. The van der Waals surface area contributed by atoms with Gasteiger partial charge in [-0.1, -0.05) is 49.3 Å². The molecule has 3 aliphatic rings. The lowest BCUT2D eigenvalue weighted by Crippen LogP contribution is -2.55. The second-order valence-electron chi connectivity index (χ2n) is 10.6. The summed E-state index contributed by atoms with van der Waals surface area (Å²) in [6, 6.07) is 8.02. The summed E-state index contributed by atoms with van der Waals surface area (Å²) in [6.07, 6.45) is 9.93. The topological polar surface area (TPSA) is 51.2 Å².